The van der Waals surface area contributed by atoms with Crippen LogP contribution in [0.4, 0.5) is 4.39 Å². The number of aryl methyl sites for hydroxylation is 1. The summed E-state index contributed by atoms with van der Waals surface area (Å²) in [6.07, 6.45) is 3.68. The third-order valence-electron chi connectivity index (χ3n) is 6.02. The molecule has 9 heteroatoms. The predicted octanol–water partition coefficient (Wildman–Crippen LogP) is 6.27. The molecule has 172 valence electrons. The number of nitrogens with zero attached hydrogens (tertiary/aromatic N) is 5. The topological polar surface area (TPSA) is 60.0 Å². The first-order valence-electron chi connectivity index (χ1n) is 11.2. The van der Waals surface area contributed by atoms with Gasteiger partial charge in [0.25, 0.3) is 0 Å². The van der Waals surface area contributed by atoms with E-state index in [1.165, 1.54) is 31.4 Å². The van der Waals surface area contributed by atoms with Gasteiger partial charge in [0.1, 0.15) is 11.6 Å². The van der Waals surface area contributed by atoms with Crippen molar-refractivity contribution in [3.8, 4) is 16.5 Å². The molecule has 1 atom stereocenters. The number of aromatic nitrogens is 4. The normalized spacial score (nSPS) is 15.7. The summed E-state index contributed by atoms with van der Waals surface area (Å²) in [6.45, 7) is 6.24. The molecule has 0 N–H and O–H groups in total. The summed E-state index contributed by atoms with van der Waals surface area (Å²) >= 11 is 3.18. The van der Waals surface area contributed by atoms with Gasteiger partial charge in [-0.15, -0.1) is 21.5 Å². The Kier molecular flexibility index (Phi) is 6.62. The van der Waals surface area contributed by atoms with Crippen LogP contribution in [0, 0.1) is 12.7 Å². The van der Waals surface area contributed by atoms with Gasteiger partial charge in [-0.05, 0) is 75.5 Å². The molecule has 1 aliphatic rings. The molecule has 0 bridgehead atoms. The van der Waals surface area contributed by atoms with Crippen LogP contribution in [0.3, 0.4) is 0 Å². The van der Waals surface area contributed by atoms with Crippen LogP contribution in [0.25, 0.3) is 16.5 Å². The largest absolute Gasteiger partial charge is 0.440 e. The van der Waals surface area contributed by atoms with Gasteiger partial charge >= 0.3 is 0 Å². The summed E-state index contributed by atoms with van der Waals surface area (Å²) in [6, 6.07) is 10.6. The molecule has 0 amide bonds. The average Bonchev–Trinajstić information content (AvgIpc) is 3.58. The molecule has 0 saturated carbocycles. The van der Waals surface area contributed by atoms with Crippen LogP contribution in [-0.4, -0.2) is 37.7 Å². The second kappa shape index (κ2) is 9.79. The minimum atomic E-state index is -0.258. The van der Waals surface area contributed by atoms with Gasteiger partial charge in [0, 0.05) is 11.4 Å². The zero-order valence-corrected chi connectivity index (χ0v) is 20.3. The zero-order chi connectivity index (χ0) is 22.8. The lowest BCUT2D eigenvalue weighted by Gasteiger charge is -2.31. The Balaban J connectivity index is 1.43. The molecule has 0 radical (unpaired) electrons. The van der Waals surface area contributed by atoms with Crippen LogP contribution in [-0.2, 0) is 5.75 Å². The van der Waals surface area contributed by atoms with Crippen molar-refractivity contribution in [2.24, 2.45) is 0 Å². The number of benzene rings is 1. The highest BCUT2D eigenvalue weighted by atomic mass is 32.2. The molecule has 1 saturated heterocycles. The van der Waals surface area contributed by atoms with Crippen LogP contribution in [0.15, 0.2) is 51.4 Å². The summed E-state index contributed by atoms with van der Waals surface area (Å²) in [4.78, 5) is 8.18. The van der Waals surface area contributed by atoms with Crippen molar-refractivity contribution in [3.05, 3.63) is 64.9 Å². The van der Waals surface area contributed by atoms with Crippen LogP contribution in [0.5, 0.6) is 0 Å². The average molecular weight is 484 g/mol. The Morgan fingerprint density at radius 3 is 2.64 bits per heavy atom. The minimum Gasteiger partial charge on any atom is -0.440 e. The summed E-state index contributed by atoms with van der Waals surface area (Å²) in [5, 5.41) is 11.9. The summed E-state index contributed by atoms with van der Waals surface area (Å²) < 4.78 is 21.6. The maximum Gasteiger partial charge on any atom is 0.236 e. The molecule has 1 aromatic carbocycles. The highest BCUT2D eigenvalue weighted by Crippen LogP contribution is 2.32. The lowest BCUT2D eigenvalue weighted by atomic mass is 10.1. The van der Waals surface area contributed by atoms with Crippen molar-refractivity contribution >= 4 is 23.1 Å². The van der Waals surface area contributed by atoms with Gasteiger partial charge in [0.05, 0.1) is 16.6 Å². The van der Waals surface area contributed by atoms with E-state index in [9.17, 15) is 4.39 Å². The standard InChI is InChI=1S/C24H26FN5OS2/c1-16(29-12-4-3-5-13-29)22-27-28-24(30(22)19-10-8-18(25)9-11-19)33-15-20-17(2)31-23(26-20)21-7-6-14-32-21/h6-11,14,16H,3-5,12-13,15H2,1-2H3. The van der Waals surface area contributed by atoms with Gasteiger partial charge < -0.3 is 4.42 Å². The van der Waals surface area contributed by atoms with E-state index in [4.69, 9.17) is 9.40 Å². The summed E-state index contributed by atoms with van der Waals surface area (Å²) in [5.74, 6) is 2.68. The maximum absolute atomic E-state index is 13.6. The first-order chi connectivity index (χ1) is 16.1. The Bertz CT molecular complexity index is 1200. The SMILES string of the molecule is Cc1oc(-c2cccs2)nc1CSc1nnc(C(C)N2CCCCC2)n1-c1ccc(F)cc1. The van der Waals surface area contributed by atoms with Crippen LogP contribution in [0.1, 0.15) is 49.5 Å². The van der Waals surface area contributed by atoms with Crippen LogP contribution in [0.2, 0.25) is 0 Å². The number of piperidine rings is 1. The molecule has 4 aromatic rings. The molecule has 5 rings (SSSR count). The Morgan fingerprint density at radius 1 is 1.12 bits per heavy atom. The fourth-order valence-electron chi connectivity index (χ4n) is 4.15. The Morgan fingerprint density at radius 2 is 1.91 bits per heavy atom. The number of thiophene rings is 1. The lowest BCUT2D eigenvalue weighted by molar-refractivity contribution is 0.167. The molecule has 6 nitrogen and oxygen atoms in total. The van der Waals surface area contributed by atoms with Gasteiger partial charge in [0.2, 0.25) is 5.89 Å². The lowest BCUT2D eigenvalue weighted by Crippen LogP contribution is -2.33. The van der Waals surface area contributed by atoms with Gasteiger partial charge in [-0.1, -0.05) is 24.2 Å². The summed E-state index contributed by atoms with van der Waals surface area (Å²) in [5.41, 5.74) is 1.75. The number of rotatable bonds is 7. The van der Waals surface area contributed by atoms with Gasteiger partial charge in [-0.2, -0.15) is 0 Å². The number of hydrogen-bond acceptors (Lipinski definition) is 7. The number of hydrogen-bond donors (Lipinski definition) is 0. The molecular weight excluding hydrogens is 457 g/mol. The number of halogens is 1. The summed E-state index contributed by atoms with van der Waals surface area (Å²) in [7, 11) is 0. The van der Waals surface area contributed by atoms with E-state index in [2.05, 4.69) is 26.6 Å². The molecule has 33 heavy (non-hydrogen) atoms. The van der Waals surface area contributed by atoms with Crippen molar-refractivity contribution in [1.29, 1.82) is 0 Å². The van der Waals surface area contributed by atoms with E-state index in [0.717, 1.165) is 46.1 Å². The minimum absolute atomic E-state index is 0.122. The second-order valence-electron chi connectivity index (χ2n) is 8.21. The molecule has 0 aliphatic carbocycles. The van der Waals surface area contributed by atoms with E-state index < -0.39 is 0 Å². The van der Waals surface area contributed by atoms with Gasteiger partial charge in [-0.3, -0.25) is 9.47 Å². The van der Waals surface area contributed by atoms with E-state index >= 15 is 0 Å². The molecule has 1 unspecified atom stereocenters. The van der Waals surface area contributed by atoms with Gasteiger partial charge in [-0.25, -0.2) is 9.37 Å². The third kappa shape index (κ3) is 4.76. The van der Waals surface area contributed by atoms with E-state index in [-0.39, 0.29) is 11.9 Å². The maximum atomic E-state index is 13.6. The van der Waals surface area contributed by atoms with Crippen molar-refractivity contribution < 1.29 is 8.81 Å². The smallest absolute Gasteiger partial charge is 0.236 e. The van der Waals surface area contributed by atoms with Crippen LogP contribution < -0.4 is 0 Å². The highest BCUT2D eigenvalue weighted by Gasteiger charge is 2.26. The number of thioether (sulfide) groups is 1. The van der Waals surface area contributed by atoms with Gasteiger partial charge in [0.15, 0.2) is 11.0 Å². The first kappa shape index (κ1) is 22.3. The zero-order valence-electron chi connectivity index (χ0n) is 18.7. The van der Waals surface area contributed by atoms with E-state index in [1.54, 1.807) is 35.2 Å². The highest BCUT2D eigenvalue weighted by molar-refractivity contribution is 7.98. The van der Waals surface area contributed by atoms with Crippen LogP contribution >= 0.6 is 23.1 Å². The molecule has 1 fully saturated rings. The molecule has 3 aromatic heterocycles. The monoisotopic (exact) mass is 483 g/mol. The quantitative estimate of drug-likeness (QED) is 0.289. The van der Waals surface area contributed by atoms with Crippen molar-refractivity contribution in [1.82, 2.24) is 24.6 Å². The predicted molar refractivity (Wildman–Crippen MR) is 129 cm³/mol. The van der Waals surface area contributed by atoms with E-state index in [0.29, 0.717) is 11.6 Å². The molecular formula is C24H26FN5OS2. The fourth-order valence-corrected chi connectivity index (χ4v) is 5.76. The molecule has 0 spiro atoms. The number of oxazole rings is 1. The van der Waals surface area contributed by atoms with Crippen molar-refractivity contribution in [2.45, 2.75) is 50.1 Å². The Hall–Kier alpha value is -2.49. The Labute approximate surface area is 200 Å². The molecule has 1 aliphatic heterocycles. The van der Waals surface area contributed by atoms with E-state index in [1.807, 2.05) is 24.4 Å². The van der Waals surface area contributed by atoms with Crippen molar-refractivity contribution in [3.63, 3.8) is 0 Å². The second-order valence-corrected chi connectivity index (χ2v) is 10.1. The fraction of sp³-hybridized carbons (Fsp3) is 0.375. The molecule has 4 heterocycles. The third-order valence-corrected chi connectivity index (χ3v) is 7.82. The first-order valence-corrected chi connectivity index (χ1v) is 13.0. The van der Waals surface area contributed by atoms with Crippen molar-refractivity contribution in [2.75, 3.05) is 13.1 Å². The number of likely N-dealkylation sites (tertiary alicyclic amines) is 1.